The number of amides is 1. The average Bonchev–Trinajstić information content (AvgIpc) is 2.86. The van der Waals surface area contributed by atoms with Gasteiger partial charge in [-0.1, -0.05) is 41.4 Å². The average molecular weight is 492 g/mol. The van der Waals surface area contributed by atoms with Gasteiger partial charge in [-0.15, -0.1) is 0 Å². The molecule has 1 amide bonds. The zero-order chi connectivity index (χ0) is 24.9. The lowest BCUT2D eigenvalue weighted by Crippen LogP contribution is -2.30. The van der Waals surface area contributed by atoms with Crippen LogP contribution in [0.5, 0.6) is 11.5 Å². The molecule has 0 bridgehead atoms. The molecule has 0 atom stereocenters. The fourth-order valence-corrected chi connectivity index (χ4v) is 4.00. The molecule has 7 nitrogen and oxygen atoms in total. The predicted molar refractivity (Wildman–Crippen MR) is 140 cm³/mol. The van der Waals surface area contributed by atoms with E-state index in [0.717, 1.165) is 16.6 Å². The van der Waals surface area contributed by atoms with Crippen LogP contribution in [0.4, 0.5) is 11.4 Å². The molecule has 2 N–H and O–H groups in total. The quantitative estimate of drug-likeness (QED) is 0.352. The van der Waals surface area contributed by atoms with Crippen molar-refractivity contribution in [3.8, 4) is 11.5 Å². The zero-order valence-electron chi connectivity index (χ0n) is 19.7. The zero-order valence-corrected chi connectivity index (χ0v) is 20.5. The first-order chi connectivity index (χ1) is 16.9. The number of carbonyl (C=O) groups is 1. The summed E-state index contributed by atoms with van der Waals surface area (Å²) in [6.45, 7) is 2.10. The molecule has 4 aromatic rings. The van der Waals surface area contributed by atoms with Gasteiger partial charge in [-0.2, -0.15) is 0 Å². The van der Waals surface area contributed by atoms with Gasteiger partial charge in [-0.05, 0) is 43.3 Å². The molecule has 0 aliphatic heterocycles. The third-order valence-electron chi connectivity index (χ3n) is 5.66. The van der Waals surface area contributed by atoms with Crippen molar-refractivity contribution in [2.24, 2.45) is 0 Å². The van der Waals surface area contributed by atoms with Crippen molar-refractivity contribution in [1.82, 2.24) is 4.57 Å². The molecule has 0 aliphatic rings. The molecule has 8 heteroatoms. The van der Waals surface area contributed by atoms with Crippen molar-refractivity contribution in [3.05, 3.63) is 93.2 Å². The summed E-state index contributed by atoms with van der Waals surface area (Å²) in [5, 5.41) is 7.23. The van der Waals surface area contributed by atoms with Crippen molar-refractivity contribution >= 4 is 39.8 Å². The highest BCUT2D eigenvalue weighted by Gasteiger charge is 2.16. The summed E-state index contributed by atoms with van der Waals surface area (Å²) in [4.78, 5) is 26.4. The van der Waals surface area contributed by atoms with Gasteiger partial charge in [0.25, 0.3) is 5.56 Å². The summed E-state index contributed by atoms with van der Waals surface area (Å²) in [5.74, 6) is 0.619. The van der Waals surface area contributed by atoms with E-state index in [9.17, 15) is 9.59 Å². The van der Waals surface area contributed by atoms with Crippen LogP contribution in [0.1, 0.15) is 11.1 Å². The van der Waals surface area contributed by atoms with Crippen LogP contribution >= 0.6 is 11.6 Å². The molecule has 180 valence electrons. The van der Waals surface area contributed by atoms with Gasteiger partial charge < -0.3 is 20.1 Å². The van der Waals surface area contributed by atoms with Crippen molar-refractivity contribution in [2.75, 3.05) is 24.9 Å². The van der Waals surface area contributed by atoms with E-state index in [2.05, 4.69) is 10.6 Å². The molecule has 0 radical (unpaired) electrons. The van der Waals surface area contributed by atoms with E-state index in [0.29, 0.717) is 33.3 Å². The van der Waals surface area contributed by atoms with Crippen LogP contribution in [0, 0.1) is 6.92 Å². The van der Waals surface area contributed by atoms with Crippen LogP contribution in [0.25, 0.3) is 10.9 Å². The second-order valence-electron chi connectivity index (χ2n) is 8.07. The smallest absolute Gasteiger partial charge is 0.256 e. The number of fused-ring (bicyclic) bond motifs is 1. The number of nitrogens with zero attached hydrogens (tertiary/aromatic N) is 1. The van der Waals surface area contributed by atoms with Crippen molar-refractivity contribution in [3.63, 3.8) is 0 Å². The summed E-state index contributed by atoms with van der Waals surface area (Å²) in [5.41, 5.74) is 3.31. The Bertz CT molecular complexity index is 1430. The molecular weight excluding hydrogens is 466 g/mol. The number of pyridine rings is 1. The van der Waals surface area contributed by atoms with Gasteiger partial charge in [0, 0.05) is 29.2 Å². The third-order valence-corrected chi connectivity index (χ3v) is 5.99. The molecule has 0 saturated heterocycles. The van der Waals surface area contributed by atoms with E-state index in [4.69, 9.17) is 21.1 Å². The second-order valence-corrected chi connectivity index (χ2v) is 8.48. The first kappa shape index (κ1) is 24.2. The number of benzene rings is 3. The van der Waals surface area contributed by atoms with E-state index < -0.39 is 0 Å². The van der Waals surface area contributed by atoms with Crippen LogP contribution in [0.15, 0.2) is 71.5 Å². The fourth-order valence-electron chi connectivity index (χ4n) is 3.81. The molecule has 1 heterocycles. The Kier molecular flexibility index (Phi) is 7.27. The number of carbonyl (C=O) groups excluding carboxylic acids is 1. The molecular formula is C27H26ClN3O4. The Morgan fingerprint density at radius 2 is 1.66 bits per heavy atom. The highest BCUT2D eigenvalue weighted by molar-refractivity contribution is 6.33. The van der Waals surface area contributed by atoms with Crippen molar-refractivity contribution in [2.45, 2.75) is 20.0 Å². The van der Waals surface area contributed by atoms with Crippen LogP contribution < -0.4 is 25.7 Å². The summed E-state index contributed by atoms with van der Waals surface area (Å²) < 4.78 is 12.3. The molecule has 35 heavy (non-hydrogen) atoms. The number of rotatable bonds is 8. The number of nitrogens with one attached hydrogen (secondary N) is 2. The molecule has 3 aromatic carbocycles. The maximum Gasteiger partial charge on any atom is 0.256 e. The maximum atomic E-state index is 13.5. The number of halogens is 1. The van der Waals surface area contributed by atoms with E-state index in [1.165, 1.54) is 11.7 Å². The first-order valence-corrected chi connectivity index (χ1v) is 11.4. The maximum absolute atomic E-state index is 13.5. The number of aryl methyl sites for hydroxylation is 1. The number of aromatic nitrogens is 1. The number of hydrogen-bond acceptors (Lipinski definition) is 5. The number of hydrogen-bond donors (Lipinski definition) is 2. The van der Waals surface area contributed by atoms with Gasteiger partial charge in [-0.25, -0.2) is 0 Å². The predicted octanol–water partition coefficient (Wildman–Crippen LogP) is 5.23. The van der Waals surface area contributed by atoms with Crippen LogP contribution in [0.3, 0.4) is 0 Å². The van der Waals surface area contributed by atoms with Gasteiger partial charge in [-0.3, -0.25) is 14.2 Å². The highest BCUT2D eigenvalue weighted by Crippen LogP contribution is 2.32. The molecule has 0 unspecified atom stereocenters. The minimum absolute atomic E-state index is 0.200. The van der Waals surface area contributed by atoms with Gasteiger partial charge in [0.2, 0.25) is 5.91 Å². The van der Waals surface area contributed by atoms with Gasteiger partial charge in [0.1, 0.15) is 6.54 Å². The number of anilines is 2. The third kappa shape index (κ3) is 5.41. The Labute approximate surface area is 208 Å². The fraction of sp³-hybridized carbons (Fsp3) is 0.185. The van der Waals surface area contributed by atoms with E-state index in [1.54, 1.807) is 43.5 Å². The standard InChI is InChI=1S/C27H26ClN3O4/c1-17-8-10-20(11-9-17)29-15-19-12-18-13-24(34-2)25(35-3)14-23(18)31(27(19)33)16-26(32)30-22-7-5-4-6-21(22)28/h4-14,29H,15-16H2,1-3H3,(H,30,32). The molecule has 0 aliphatic carbocycles. The Balaban J connectivity index is 1.73. The largest absolute Gasteiger partial charge is 0.493 e. The molecule has 1 aromatic heterocycles. The van der Waals surface area contributed by atoms with Crippen LogP contribution in [-0.4, -0.2) is 24.7 Å². The summed E-state index contributed by atoms with van der Waals surface area (Å²) in [6, 6.07) is 20.2. The lowest BCUT2D eigenvalue weighted by Gasteiger charge is -2.16. The lowest BCUT2D eigenvalue weighted by molar-refractivity contribution is -0.116. The topological polar surface area (TPSA) is 81.6 Å². The normalized spacial score (nSPS) is 10.7. The van der Waals surface area contributed by atoms with Gasteiger partial charge in [0.05, 0.1) is 30.4 Å². The Morgan fingerprint density at radius 3 is 2.34 bits per heavy atom. The Hall–Kier alpha value is -3.97. The number of ether oxygens (including phenoxy) is 2. The molecule has 4 rings (SSSR count). The van der Waals surface area contributed by atoms with Crippen molar-refractivity contribution < 1.29 is 14.3 Å². The SMILES string of the molecule is COc1cc2cc(CNc3ccc(C)cc3)c(=O)n(CC(=O)Nc3ccccc3Cl)c2cc1OC. The summed E-state index contributed by atoms with van der Waals surface area (Å²) >= 11 is 6.18. The van der Waals surface area contributed by atoms with Crippen molar-refractivity contribution in [1.29, 1.82) is 0 Å². The van der Waals surface area contributed by atoms with Crippen LogP contribution in [0.2, 0.25) is 5.02 Å². The summed E-state index contributed by atoms with van der Waals surface area (Å²) in [6.07, 6.45) is 0. The first-order valence-electron chi connectivity index (χ1n) is 11.0. The lowest BCUT2D eigenvalue weighted by atomic mass is 10.1. The summed E-state index contributed by atoms with van der Waals surface area (Å²) in [7, 11) is 3.08. The minimum Gasteiger partial charge on any atom is -0.493 e. The van der Waals surface area contributed by atoms with E-state index >= 15 is 0 Å². The second kappa shape index (κ2) is 10.5. The minimum atomic E-state index is -0.375. The highest BCUT2D eigenvalue weighted by atomic mass is 35.5. The van der Waals surface area contributed by atoms with E-state index in [1.807, 2.05) is 37.3 Å². The number of para-hydroxylation sites is 1. The van der Waals surface area contributed by atoms with Crippen LogP contribution in [-0.2, 0) is 17.9 Å². The molecule has 0 fully saturated rings. The molecule has 0 saturated carbocycles. The van der Waals surface area contributed by atoms with Gasteiger partial charge >= 0.3 is 0 Å². The molecule has 0 spiro atoms. The van der Waals surface area contributed by atoms with Gasteiger partial charge in [0.15, 0.2) is 11.5 Å². The Morgan fingerprint density at radius 1 is 0.971 bits per heavy atom. The van der Waals surface area contributed by atoms with E-state index in [-0.39, 0.29) is 24.6 Å². The number of methoxy groups -OCH3 is 2. The monoisotopic (exact) mass is 491 g/mol.